The van der Waals surface area contributed by atoms with Crippen LogP contribution in [0.4, 0.5) is 0 Å². The third-order valence-corrected chi connectivity index (χ3v) is 7.72. The molecule has 35 heavy (non-hydrogen) atoms. The van der Waals surface area contributed by atoms with E-state index < -0.39 is 5.60 Å². The first kappa shape index (κ1) is 23.9. The van der Waals surface area contributed by atoms with Gasteiger partial charge < -0.3 is 19.8 Å². The third-order valence-electron chi connectivity index (χ3n) is 7.47. The highest BCUT2D eigenvalue weighted by molar-refractivity contribution is 6.30. The van der Waals surface area contributed by atoms with Gasteiger partial charge in [0.2, 0.25) is 0 Å². The molecule has 5 rings (SSSR count). The van der Waals surface area contributed by atoms with Crippen molar-refractivity contribution in [3.8, 4) is 11.5 Å². The summed E-state index contributed by atoms with van der Waals surface area (Å²) in [4.78, 5) is 6.96. The lowest BCUT2D eigenvalue weighted by molar-refractivity contribution is -0.112. The second-order valence-electron chi connectivity index (χ2n) is 9.77. The lowest BCUT2D eigenvalue weighted by Gasteiger charge is -2.48. The fourth-order valence-electron chi connectivity index (χ4n) is 5.64. The first-order valence-corrected chi connectivity index (χ1v) is 12.6. The topological polar surface area (TPSA) is 65.8 Å². The van der Waals surface area contributed by atoms with Crippen LogP contribution < -0.4 is 4.74 Å². The Morgan fingerprint density at radius 2 is 1.83 bits per heavy atom. The van der Waals surface area contributed by atoms with Gasteiger partial charge in [-0.05, 0) is 54.0 Å². The Labute approximate surface area is 211 Å². The number of aromatic hydroxyl groups is 1. The number of pyridine rings is 1. The summed E-state index contributed by atoms with van der Waals surface area (Å²) >= 11 is 6.07. The van der Waals surface area contributed by atoms with E-state index in [1.54, 1.807) is 18.3 Å². The molecular weight excluding hydrogens is 460 g/mol. The number of hydrogen-bond donors (Lipinski definition) is 2. The van der Waals surface area contributed by atoms with Gasteiger partial charge in [0.25, 0.3) is 0 Å². The van der Waals surface area contributed by atoms with Crippen molar-refractivity contribution in [3.63, 3.8) is 0 Å². The molecule has 0 aliphatic carbocycles. The molecule has 2 aliphatic rings. The molecule has 2 unspecified atom stereocenters. The molecule has 1 fully saturated rings. The van der Waals surface area contributed by atoms with Crippen LogP contribution >= 0.6 is 11.6 Å². The molecule has 1 saturated heterocycles. The van der Waals surface area contributed by atoms with E-state index in [4.69, 9.17) is 16.3 Å². The van der Waals surface area contributed by atoms with Crippen LogP contribution in [-0.2, 0) is 12.2 Å². The Hall–Kier alpha value is -2.86. The van der Waals surface area contributed by atoms with E-state index in [0.717, 1.165) is 59.8 Å². The van der Waals surface area contributed by atoms with Crippen LogP contribution in [0.3, 0.4) is 0 Å². The number of halogens is 1. The predicted octanol–water partition coefficient (Wildman–Crippen LogP) is 5.63. The number of fused-ring (bicyclic) bond motifs is 2. The molecule has 2 atom stereocenters. The summed E-state index contributed by atoms with van der Waals surface area (Å²) in [5.41, 5.74) is 3.90. The van der Waals surface area contributed by atoms with Gasteiger partial charge in [-0.3, -0.25) is 4.98 Å². The van der Waals surface area contributed by atoms with Gasteiger partial charge in [-0.25, -0.2) is 0 Å². The van der Waals surface area contributed by atoms with Gasteiger partial charge in [0.15, 0.2) is 0 Å². The first-order valence-electron chi connectivity index (χ1n) is 12.2. The summed E-state index contributed by atoms with van der Waals surface area (Å²) in [6.45, 7) is 7.14. The highest BCUT2D eigenvalue weighted by Crippen LogP contribution is 2.42. The monoisotopic (exact) mass is 490 g/mol. The van der Waals surface area contributed by atoms with Crippen molar-refractivity contribution in [1.29, 1.82) is 0 Å². The molecule has 0 radical (unpaired) electrons. The number of rotatable bonds is 4. The standard InChI is InChI=1S/C29H31ClN2O3/c1-19-16-32(17-20(2)29(19,34)21-7-9-22(30)10-8-21)14-4-6-24-25-5-3-13-31-27(25)18-35-28-12-11-23(33)15-26(24)28/h3,5-13,15,19-20,33-34H,4,14,16-18H2,1-2H3/b24-6+. The van der Waals surface area contributed by atoms with Crippen LogP contribution in [0.5, 0.6) is 11.5 Å². The van der Waals surface area contributed by atoms with Gasteiger partial charge in [-0.1, -0.05) is 49.7 Å². The van der Waals surface area contributed by atoms with Gasteiger partial charge in [-0.2, -0.15) is 0 Å². The van der Waals surface area contributed by atoms with Crippen LogP contribution in [0.25, 0.3) is 5.57 Å². The van der Waals surface area contributed by atoms with Crippen molar-refractivity contribution in [2.75, 3.05) is 19.6 Å². The van der Waals surface area contributed by atoms with Crippen LogP contribution in [0.2, 0.25) is 5.02 Å². The summed E-state index contributed by atoms with van der Waals surface area (Å²) < 4.78 is 6.00. The number of aromatic nitrogens is 1. The quantitative estimate of drug-likeness (QED) is 0.496. The minimum Gasteiger partial charge on any atom is -0.508 e. The van der Waals surface area contributed by atoms with Crippen LogP contribution in [-0.4, -0.2) is 39.7 Å². The van der Waals surface area contributed by atoms with Crippen molar-refractivity contribution in [2.24, 2.45) is 11.8 Å². The zero-order chi connectivity index (χ0) is 24.6. The number of ether oxygens (including phenoxy) is 1. The summed E-state index contributed by atoms with van der Waals surface area (Å²) in [5, 5.41) is 22.5. The Bertz CT molecular complexity index is 1230. The molecule has 5 nitrogen and oxygen atoms in total. The maximum Gasteiger partial charge on any atom is 0.131 e. The number of benzene rings is 2. The van der Waals surface area contributed by atoms with Crippen molar-refractivity contribution in [3.05, 3.63) is 94.3 Å². The van der Waals surface area contributed by atoms with Crippen molar-refractivity contribution < 1.29 is 14.9 Å². The summed E-state index contributed by atoms with van der Waals surface area (Å²) in [6, 6.07) is 16.8. The third kappa shape index (κ3) is 4.56. The average Bonchev–Trinajstić information content (AvgIpc) is 3.00. The number of phenolic OH excluding ortho intramolecular Hbond substituents is 1. The Morgan fingerprint density at radius 3 is 2.57 bits per heavy atom. The molecule has 182 valence electrons. The molecular formula is C29H31ClN2O3. The molecule has 0 saturated carbocycles. The molecule has 1 aromatic heterocycles. The maximum absolute atomic E-state index is 11.7. The molecule has 0 bridgehead atoms. The van der Waals surface area contributed by atoms with E-state index in [-0.39, 0.29) is 17.6 Å². The van der Waals surface area contributed by atoms with Crippen LogP contribution in [0.15, 0.2) is 66.9 Å². The average molecular weight is 491 g/mol. The molecule has 0 spiro atoms. The Morgan fingerprint density at radius 1 is 1.09 bits per heavy atom. The van der Waals surface area contributed by atoms with Gasteiger partial charge in [0.1, 0.15) is 18.1 Å². The predicted molar refractivity (Wildman–Crippen MR) is 138 cm³/mol. The van der Waals surface area contributed by atoms with E-state index >= 15 is 0 Å². The number of piperidine rings is 1. The van der Waals surface area contributed by atoms with E-state index in [0.29, 0.717) is 11.6 Å². The largest absolute Gasteiger partial charge is 0.508 e. The first-order chi connectivity index (χ1) is 16.9. The summed E-state index contributed by atoms with van der Waals surface area (Å²) in [6.07, 6.45) is 4.84. The van der Waals surface area contributed by atoms with Gasteiger partial charge in [0, 0.05) is 53.8 Å². The molecule has 6 heteroatoms. The van der Waals surface area contributed by atoms with Crippen molar-refractivity contribution >= 4 is 17.2 Å². The minimum absolute atomic E-state index is 0.0777. The van der Waals surface area contributed by atoms with E-state index in [1.165, 1.54) is 0 Å². The van der Waals surface area contributed by atoms with Crippen molar-refractivity contribution in [1.82, 2.24) is 9.88 Å². The fraction of sp³-hybridized carbons (Fsp3) is 0.345. The lowest BCUT2D eigenvalue weighted by Crippen LogP contribution is -2.54. The van der Waals surface area contributed by atoms with E-state index in [2.05, 4.69) is 35.9 Å². The maximum atomic E-state index is 11.7. The Kier molecular flexibility index (Phi) is 6.58. The number of likely N-dealkylation sites (tertiary alicyclic amines) is 1. The number of aliphatic hydroxyl groups is 1. The highest BCUT2D eigenvalue weighted by atomic mass is 35.5. The molecule has 2 N–H and O–H groups in total. The SMILES string of the molecule is CC1CN(CC/C=C2/c3cc(O)ccc3OCc3ncccc32)CC(C)C1(O)c1ccc(Cl)cc1. The lowest BCUT2D eigenvalue weighted by atomic mass is 9.71. The van der Waals surface area contributed by atoms with E-state index in [1.807, 2.05) is 36.4 Å². The van der Waals surface area contributed by atoms with Gasteiger partial charge >= 0.3 is 0 Å². The minimum atomic E-state index is -0.876. The molecule has 0 amide bonds. The molecule has 3 aromatic rings. The number of hydrogen-bond acceptors (Lipinski definition) is 5. The summed E-state index contributed by atoms with van der Waals surface area (Å²) in [7, 11) is 0. The summed E-state index contributed by atoms with van der Waals surface area (Å²) in [5.74, 6) is 1.12. The highest BCUT2D eigenvalue weighted by Gasteiger charge is 2.45. The van der Waals surface area contributed by atoms with Crippen molar-refractivity contribution in [2.45, 2.75) is 32.5 Å². The molecule has 2 aromatic carbocycles. The fourth-order valence-corrected chi connectivity index (χ4v) is 5.76. The normalized spacial score (nSPS) is 25.4. The Balaban J connectivity index is 1.36. The smallest absolute Gasteiger partial charge is 0.131 e. The number of phenols is 1. The van der Waals surface area contributed by atoms with E-state index in [9.17, 15) is 10.2 Å². The zero-order valence-corrected chi connectivity index (χ0v) is 20.9. The van der Waals surface area contributed by atoms with Crippen LogP contribution in [0, 0.1) is 11.8 Å². The molecule has 2 aliphatic heterocycles. The zero-order valence-electron chi connectivity index (χ0n) is 20.1. The van der Waals surface area contributed by atoms with Crippen LogP contribution in [0.1, 0.15) is 42.7 Å². The number of nitrogens with zero attached hydrogens (tertiary/aromatic N) is 2. The molecule has 3 heterocycles. The van der Waals surface area contributed by atoms with Gasteiger partial charge in [-0.15, -0.1) is 0 Å². The second-order valence-corrected chi connectivity index (χ2v) is 10.2. The second kappa shape index (κ2) is 9.65. The van der Waals surface area contributed by atoms with Gasteiger partial charge in [0.05, 0.1) is 11.3 Å².